The molecule has 0 atom stereocenters. The third kappa shape index (κ3) is 9.71. The number of hydrogen-bond donors (Lipinski definition) is 2. The first-order chi connectivity index (χ1) is 7.12. The summed E-state index contributed by atoms with van der Waals surface area (Å²) in [4.78, 5) is 10.1. The lowest BCUT2D eigenvalue weighted by molar-refractivity contribution is -0.137. The Labute approximate surface area is 90.7 Å². The maximum atomic E-state index is 11.7. The predicted octanol–water partition coefficient (Wildman–Crippen LogP) is 0.723. The molecule has 0 saturated heterocycles. The predicted molar refractivity (Wildman–Crippen MR) is 49.3 cm³/mol. The van der Waals surface area contributed by atoms with E-state index in [1.807, 2.05) is 0 Å². The van der Waals surface area contributed by atoms with Crippen molar-refractivity contribution in [1.29, 1.82) is 0 Å². The number of alkyl halides is 3. The van der Waals surface area contributed by atoms with Crippen LogP contribution in [0.3, 0.4) is 0 Å². The Kier molecular flexibility index (Phi) is 5.73. The monoisotopic (exact) mass is 263 g/mol. The van der Waals surface area contributed by atoms with Crippen molar-refractivity contribution in [2.45, 2.75) is 25.4 Å². The molecular weight excluding hydrogens is 251 g/mol. The van der Waals surface area contributed by atoms with E-state index in [1.165, 1.54) is 0 Å². The number of rotatable bonds is 7. The molecule has 0 aromatic carbocycles. The highest BCUT2D eigenvalue weighted by molar-refractivity contribution is 7.89. The standard InChI is InChI=1S/C7H12F3NO4S/c8-7(9,10)3-4-11-16(14,15)5-1-2-6(12)13/h11H,1-5H2,(H,12,13). The van der Waals surface area contributed by atoms with Crippen LogP contribution >= 0.6 is 0 Å². The van der Waals surface area contributed by atoms with Crippen molar-refractivity contribution in [3.63, 3.8) is 0 Å². The number of aliphatic carboxylic acids is 1. The van der Waals surface area contributed by atoms with Crippen molar-refractivity contribution in [3.8, 4) is 0 Å². The topological polar surface area (TPSA) is 83.5 Å². The first-order valence-electron chi connectivity index (χ1n) is 4.38. The van der Waals surface area contributed by atoms with Gasteiger partial charge in [-0.15, -0.1) is 0 Å². The zero-order chi connectivity index (χ0) is 12.8. The Hall–Kier alpha value is -0.830. The summed E-state index contributed by atoms with van der Waals surface area (Å²) in [5, 5.41) is 8.23. The highest BCUT2D eigenvalue weighted by Crippen LogP contribution is 2.18. The van der Waals surface area contributed by atoms with E-state index in [0.29, 0.717) is 0 Å². The third-order valence-corrected chi connectivity index (χ3v) is 3.00. The summed E-state index contributed by atoms with van der Waals surface area (Å²) in [6.07, 6.45) is -6.12. The van der Waals surface area contributed by atoms with Gasteiger partial charge in [0.1, 0.15) is 0 Å². The molecule has 16 heavy (non-hydrogen) atoms. The van der Waals surface area contributed by atoms with E-state index < -0.39 is 40.9 Å². The van der Waals surface area contributed by atoms with Gasteiger partial charge in [-0.1, -0.05) is 0 Å². The van der Waals surface area contributed by atoms with Crippen LogP contribution in [0.4, 0.5) is 13.2 Å². The van der Waals surface area contributed by atoms with Crippen LogP contribution in [0.25, 0.3) is 0 Å². The molecule has 0 spiro atoms. The number of halogens is 3. The van der Waals surface area contributed by atoms with Crippen molar-refractivity contribution in [2.75, 3.05) is 12.3 Å². The molecule has 0 radical (unpaired) electrons. The Morgan fingerprint density at radius 2 is 1.88 bits per heavy atom. The fourth-order valence-electron chi connectivity index (χ4n) is 0.834. The number of hydrogen-bond acceptors (Lipinski definition) is 3. The Morgan fingerprint density at radius 1 is 1.31 bits per heavy atom. The number of carbonyl (C=O) groups is 1. The molecule has 0 aromatic heterocycles. The maximum absolute atomic E-state index is 11.7. The first-order valence-corrected chi connectivity index (χ1v) is 6.03. The first kappa shape index (κ1) is 15.2. The van der Waals surface area contributed by atoms with Gasteiger partial charge in [0.25, 0.3) is 0 Å². The molecule has 0 amide bonds. The van der Waals surface area contributed by atoms with Crippen LogP contribution in [0.15, 0.2) is 0 Å². The summed E-state index contributed by atoms with van der Waals surface area (Å²) in [7, 11) is -3.81. The van der Waals surface area contributed by atoms with Crippen molar-refractivity contribution in [3.05, 3.63) is 0 Å². The van der Waals surface area contributed by atoms with Gasteiger partial charge in [-0.3, -0.25) is 4.79 Å². The zero-order valence-electron chi connectivity index (χ0n) is 8.25. The van der Waals surface area contributed by atoms with Gasteiger partial charge in [0.15, 0.2) is 0 Å². The number of carboxylic acid groups (broad SMARTS) is 1. The molecular formula is C7H12F3NO4S. The summed E-state index contributed by atoms with van der Waals surface area (Å²) >= 11 is 0. The number of nitrogens with one attached hydrogen (secondary N) is 1. The van der Waals surface area contributed by atoms with Gasteiger partial charge in [0, 0.05) is 13.0 Å². The average Bonchev–Trinajstić information content (AvgIpc) is 1.99. The average molecular weight is 263 g/mol. The SMILES string of the molecule is O=C(O)CCCS(=O)(=O)NCCC(F)(F)F. The Bertz CT molecular complexity index is 325. The largest absolute Gasteiger partial charge is 0.481 e. The second-order valence-corrected chi connectivity index (χ2v) is 5.00. The molecule has 0 bridgehead atoms. The molecule has 0 aliphatic carbocycles. The highest BCUT2D eigenvalue weighted by atomic mass is 32.2. The minimum absolute atomic E-state index is 0.128. The van der Waals surface area contributed by atoms with Gasteiger partial charge in [-0.25, -0.2) is 13.1 Å². The van der Waals surface area contributed by atoms with E-state index in [9.17, 15) is 26.4 Å². The molecule has 0 aliphatic heterocycles. The highest BCUT2D eigenvalue weighted by Gasteiger charge is 2.27. The number of carboxylic acids is 1. The van der Waals surface area contributed by atoms with Crippen LogP contribution in [0.1, 0.15) is 19.3 Å². The minimum Gasteiger partial charge on any atom is -0.481 e. The van der Waals surface area contributed by atoms with Gasteiger partial charge < -0.3 is 5.11 Å². The van der Waals surface area contributed by atoms with E-state index in [-0.39, 0.29) is 12.8 Å². The molecule has 0 heterocycles. The smallest absolute Gasteiger partial charge is 0.390 e. The molecule has 0 fully saturated rings. The van der Waals surface area contributed by atoms with Crippen molar-refractivity contribution in [2.24, 2.45) is 0 Å². The normalized spacial score (nSPS) is 12.7. The molecule has 0 unspecified atom stereocenters. The van der Waals surface area contributed by atoms with Crippen LogP contribution in [0, 0.1) is 0 Å². The van der Waals surface area contributed by atoms with Crippen molar-refractivity contribution >= 4 is 16.0 Å². The summed E-state index contributed by atoms with van der Waals surface area (Å²) in [5.41, 5.74) is 0. The second-order valence-electron chi connectivity index (χ2n) is 3.08. The molecule has 96 valence electrons. The van der Waals surface area contributed by atoms with E-state index >= 15 is 0 Å². The van der Waals surface area contributed by atoms with Crippen LogP contribution in [-0.2, 0) is 14.8 Å². The lowest BCUT2D eigenvalue weighted by Gasteiger charge is -2.08. The minimum atomic E-state index is -4.41. The van der Waals surface area contributed by atoms with Gasteiger partial charge in [0.05, 0.1) is 12.2 Å². The van der Waals surface area contributed by atoms with Crippen LogP contribution < -0.4 is 4.72 Å². The number of sulfonamides is 1. The zero-order valence-corrected chi connectivity index (χ0v) is 9.07. The molecule has 5 nitrogen and oxygen atoms in total. The van der Waals surface area contributed by atoms with E-state index in [4.69, 9.17) is 5.11 Å². The third-order valence-electron chi connectivity index (χ3n) is 1.53. The Balaban J connectivity index is 3.84. The van der Waals surface area contributed by atoms with Crippen molar-refractivity contribution < 1.29 is 31.5 Å². The van der Waals surface area contributed by atoms with Gasteiger partial charge in [0.2, 0.25) is 10.0 Å². The second kappa shape index (κ2) is 6.04. The summed E-state index contributed by atoms with van der Waals surface area (Å²) < 4.78 is 58.8. The summed E-state index contributed by atoms with van der Waals surface area (Å²) in [6.45, 7) is -0.723. The lowest BCUT2D eigenvalue weighted by Crippen LogP contribution is -2.30. The van der Waals surface area contributed by atoms with Gasteiger partial charge in [-0.05, 0) is 6.42 Å². The Morgan fingerprint density at radius 3 is 2.31 bits per heavy atom. The van der Waals surface area contributed by atoms with E-state index in [2.05, 4.69) is 0 Å². The molecule has 0 saturated carbocycles. The fraction of sp³-hybridized carbons (Fsp3) is 0.857. The van der Waals surface area contributed by atoms with Crippen LogP contribution in [-0.4, -0.2) is 38.0 Å². The molecule has 0 rings (SSSR count). The molecule has 0 aromatic rings. The quantitative estimate of drug-likeness (QED) is 0.709. The van der Waals surface area contributed by atoms with E-state index in [1.54, 1.807) is 4.72 Å². The maximum Gasteiger partial charge on any atom is 0.390 e. The fourth-order valence-corrected chi connectivity index (χ4v) is 1.92. The van der Waals surface area contributed by atoms with Gasteiger partial charge >= 0.3 is 12.1 Å². The lowest BCUT2D eigenvalue weighted by atomic mass is 10.3. The molecule has 2 N–H and O–H groups in total. The summed E-state index contributed by atoms with van der Waals surface area (Å²) in [6, 6.07) is 0. The molecule has 0 aliphatic rings. The van der Waals surface area contributed by atoms with Gasteiger partial charge in [-0.2, -0.15) is 13.2 Å². The summed E-state index contributed by atoms with van der Waals surface area (Å²) in [5.74, 6) is -1.64. The van der Waals surface area contributed by atoms with Crippen LogP contribution in [0.2, 0.25) is 0 Å². The van der Waals surface area contributed by atoms with Crippen LogP contribution in [0.5, 0.6) is 0 Å². The van der Waals surface area contributed by atoms with E-state index in [0.717, 1.165) is 0 Å². The van der Waals surface area contributed by atoms with Crippen molar-refractivity contribution in [1.82, 2.24) is 4.72 Å². The molecule has 9 heteroatoms.